The third-order valence-electron chi connectivity index (χ3n) is 5.90. The van der Waals surface area contributed by atoms with Crippen LogP contribution in [0.25, 0.3) is 0 Å². The van der Waals surface area contributed by atoms with Gasteiger partial charge in [-0.3, -0.25) is 4.31 Å². The summed E-state index contributed by atoms with van der Waals surface area (Å²) in [6, 6.07) is 12.6. The van der Waals surface area contributed by atoms with Gasteiger partial charge in [-0.05, 0) is 61.6 Å². The van der Waals surface area contributed by atoms with Gasteiger partial charge >= 0.3 is 6.09 Å². The number of ether oxygens (including phenoxy) is 1. The highest BCUT2D eigenvalue weighted by atomic mass is 35.5. The lowest BCUT2D eigenvalue weighted by molar-refractivity contribution is 0.0798. The summed E-state index contributed by atoms with van der Waals surface area (Å²) in [6.07, 6.45) is 2.25. The molecule has 1 unspecified atom stereocenters. The Labute approximate surface area is 187 Å². The van der Waals surface area contributed by atoms with E-state index in [4.69, 9.17) is 16.3 Å². The summed E-state index contributed by atoms with van der Waals surface area (Å²) < 4.78 is 34.1. The van der Waals surface area contributed by atoms with Crippen molar-refractivity contribution in [2.75, 3.05) is 24.1 Å². The Bertz CT molecular complexity index is 1040. The molecule has 0 spiro atoms. The van der Waals surface area contributed by atoms with Gasteiger partial charge in [-0.1, -0.05) is 29.8 Å². The van der Waals surface area contributed by atoms with Gasteiger partial charge in [-0.25, -0.2) is 13.2 Å². The highest BCUT2D eigenvalue weighted by Gasteiger charge is 2.37. The summed E-state index contributed by atoms with van der Waals surface area (Å²) >= 11 is 5.94. The molecule has 2 aliphatic rings. The van der Waals surface area contributed by atoms with Gasteiger partial charge in [0, 0.05) is 11.6 Å². The molecular formula is C22H25ClN2O5S. The number of sulfonamides is 1. The number of benzene rings is 2. The number of hydrogen-bond acceptors (Lipinski definition) is 5. The molecule has 2 aliphatic heterocycles. The van der Waals surface area contributed by atoms with Gasteiger partial charge in [0.05, 0.1) is 29.3 Å². The van der Waals surface area contributed by atoms with Crippen LogP contribution in [0.4, 0.5) is 10.5 Å². The number of aliphatic hydroxyl groups is 1. The predicted octanol–water partition coefficient (Wildman–Crippen LogP) is 3.44. The van der Waals surface area contributed by atoms with Gasteiger partial charge in [0.2, 0.25) is 0 Å². The second-order valence-corrected chi connectivity index (χ2v) is 10.1. The fourth-order valence-electron chi connectivity index (χ4n) is 4.29. The number of anilines is 1. The zero-order valence-corrected chi connectivity index (χ0v) is 18.6. The summed E-state index contributed by atoms with van der Waals surface area (Å²) in [5.41, 5.74) is 1.53. The van der Waals surface area contributed by atoms with Crippen LogP contribution < -0.4 is 4.31 Å². The summed E-state index contributed by atoms with van der Waals surface area (Å²) in [5.74, 6) is 0. The summed E-state index contributed by atoms with van der Waals surface area (Å²) in [7, 11) is -3.89. The third kappa shape index (κ3) is 4.37. The molecular weight excluding hydrogens is 440 g/mol. The summed E-state index contributed by atoms with van der Waals surface area (Å²) in [4.78, 5) is 14.2. The Morgan fingerprint density at radius 1 is 1.10 bits per heavy atom. The molecule has 0 bridgehead atoms. The number of likely N-dealkylation sites (tertiary alicyclic amines) is 1. The van der Waals surface area contributed by atoms with Crippen LogP contribution in [0, 0.1) is 0 Å². The van der Waals surface area contributed by atoms with Crippen molar-refractivity contribution in [2.45, 2.75) is 42.7 Å². The fraction of sp³-hybridized carbons (Fsp3) is 0.409. The van der Waals surface area contributed by atoms with E-state index in [1.807, 2.05) is 12.1 Å². The van der Waals surface area contributed by atoms with Crippen LogP contribution in [0.1, 0.15) is 24.8 Å². The molecule has 0 aromatic heterocycles. The number of aliphatic hydroxyl groups excluding tert-OH is 1. The van der Waals surface area contributed by atoms with E-state index in [9.17, 15) is 18.3 Å². The molecule has 0 radical (unpaired) electrons. The Morgan fingerprint density at radius 3 is 2.58 bits per heavy atom. The van der Waals surface area contributed by atoms with Gasteiger partial charge in [0.25, 0.3) is 10.0 Å². The molecule has 2 aromatic rings. The summed E-state index contributed by atoms with van der Waals surface area (Å²) in [6.45, 7) is 0.363. The maximum atomic E-state index is 13.6. The van der Waals surface area contributed by atoms with Gasteiger partial charge in [0.1, 0.15) is 6.61 Å². The Morgan fingerprint density at radius 2 is 1.84 bits per heavy atom. The van der Waals surface area contributed by atoms with E-state index in [0.29, 0.717) is 30.1 Å². The quantitative estimate of drug-likeness (QED) is 0.732. The summed E-state index contributed by atoms with van der Waals surface area (Å²) in [5, 5.41) is 9.91. The number of amides is 1. The number of halogens is 1. The van der Waals surface area contributed by atoms with Crippen LogP contribution in [0.2, 0.25) is 5.02 Å². The molecule has 1 saturated heterocycles. The van der Waals surface area contributed by atoms with Crippen molar-refractivity contribution in [3.05, 3.63) is 59.1 Å². The molecule has 4 rings (SSSR count). The van der Waals surface area contributed by atoms with Crippen LogP contribution in [0.15, 0.2) is 53.4 Å². The number of carbonyl (C=O) groups excluding carboxylic acids is 1. The van der Waals surface area contributed by atoms with Crippen molar-refractivity contribution < 1.29 is 23.1 Å². The zero-order valence-electron chi connectivity index (χ0n) is 17.0. The first-order chi connectivity index (χ1) is 14.9. The van der Waals surface area contributed by atoms with Gasteiger partial charge < -0.3 is 14.7 Å². The van der Waals surface area contributed by atoms with E-state index in [1.54, 1.807) is 24.3 Å². The number of fused-ring (bicyclic) bond motifs is 1. The first-order valence-electron chi connectivity index (χ1n) is 10.3. The van der Waals surface area contributed by atoms with E-state index in [0.717, 1.165) is 18.4 Å². The third-order valence-corrected chi connectivity index (χ3v) is 8.03. The molecule has 2 heterocycles. The Kier molecular flexibility index (Phi) is 6.41. The number of para-hydroxylation sites is 1. The maximum absolute atomic E-state index is 13.6. The Balaban J connectivity index is 1.61. The number of hydrogen-bond donors (Lipinski definition) is 1. The van der Waals surface area contributed by atoms with Crippen LogP contribution in [-0.2, 0) is 21.2 Å². The smallest absolute Gasteiger partial charge is 0.410 e. The normalized spacial score (nSPS) is 21.1. The molecule has 2 aromatic carbocycles. The fourth-order valence-corrected chi connectivity index (χ4v) is 6.12. The van der Waals surface area contributed by atoms with Crippen LogP contribution in [0.5, 0.6) is 0 Å². The minimum atomic E-state index is -3.89. The molecule has 166 valence electrons. The minimum absolute atomic E-state index is 0.0609. The van der Waals surface area contributed by atoms with E-state index >= 15 is 0 Å². The zero-order chi connectivity index (χ0) is 22.0. The van der Waals surface area contributed by atoms with E-state index < -0.39 is 22.2 Å². The van der Waals surface area contributed by atoms with Gasteiger partial charge in [-0.2, -0.15) is 0 Å². The van der Waals surface area contributed by atoms with Crippen molar-refractivity contribution in [2.24, 2.45) is 0 Å². The first-order valence-corrected chi connectivity index (χ1v) is 12.2. The van der Waals surface area contributed by atoms with Crippen LogP contribution >= 0.6 is 11.6 Å². The first kappa shape index (κ1) is 21.9. The molecule has 31 heavy (non-hydrogen) atoms. The van der Waals surface area contributed by atoms with E-state index in [2.05, 4.69) is 0 Å². The van der Waals surface area contributed by atoms with Crippen molar-refractivity contribution in [3.63, 3.8) is 0 Å². The second kappa shape index (κ2) is 9.06. The van der Waals surface area contributed by atoms with Crippen LogP contribution in [0.3, 0.4) is 0 Å². The average molecular weight is 465 g/mol. The van der Waals surface area contributed by atoms with Crippen molar-refractivity contribution in [1.82, 2.24) is 4.90 Å². The topological polar surface area (TPSA) is 87.2 Å². The van der Waals surface area contributed by atoms with Crippen molar-refractivity contribution >= 4 is 33.4 Å². The average Bonchev–Trinajstić information content (AvgIpc) is 3.26. The molecule has 0 aliphatic carbocycles. The van der Waals surface area contributed by atoms with Crippen LogP contribution in [-0.4, -0.2) is 56.4 Å². The minimum Gasteiger partial charge on any atom is -0.447 e. The largest absolute Gasteiger partial charge is 0.447 e. The van der Waals surface area contributed by atoms with Gasteiger partial charge in [-0.15, -0.1) is 0 Å². The SMILES string of the molecule is O=C(OCC1CCc2ccccc2N1S(=O)(=O)c1ccc(Cl)cc1)N1CCC[C@H]1CO. The molecule has 1 fully saturated rings. The van der Waals surface area contributed by atoms with E-state index in [-0.39, 0.29) is 24.2 Å². The van der Waals surface area contributed by atoms with E-state index in [1.165, 1.54) is 21.3 Å². The van der Waals surface area contributed by atoms with Gasteiger partial charge in [0.15, 0.2) is 0 Å². The molecule has 2 atom stereocenters. The lowest BCUT2D eigenvalue weighted by atomic mass is 9.98. The lowest BCUT2D eigenvalue weighted by Gasteiger charge is -2.37. The molecule has 1 amide bonds. The molecule has 7 nitrogen and oxygen atoms in total. The van der Waals surface area contributed by atoms with Crippen molar-refractivity contribution in [3.8, 4) is 0 Å². The lowest BCUT2D eigenvalue weighted by Crippen LogP contribution is -2.47. The second-order valence-electron chi connectivity index (χ2n) is 7.82. The predicted molar refractivity (Wildman–Crippen MR) is 118 cm³/mol. The Hall–Kier alpha value is -2.29. The monoisotopic (exact) mass is 464 g/mol. The molecule has 9 heteroatoms. The number of carbonyl (C=O) groups is 1. The number of aryl methyl sites for hydroxylation is 1. The van der Waals surface area contributed by atoms with Crippen molar-refractivity contribution in [1.29, 1.82) is 0 Å². The molecule has 0 saturated carbocycles. The standard InChI is InChI=1S/C22H25ClN2O5S/c23-17-8-11-20(12-9-17)31(28,29)25-19(10-7-16-4-1-2-6-21(16)25)15-30-22(27)24-13-3-5-18(24)14-26/h1-2,4,6,8-9,11-12,18-19,26H,3,5,7,10,13-15H2/t18-,19?/m0/s1. The maximum Gasteiger partial charge on any atom is 0.410 e. The molecule has 1 N–H and O–H groups in total. The highest BCUT2D eigenvalue weighted by molar-refractivity contribution is 7.92. The number of rotatable bonds is 5. The highest BCUT2D eigenvalue weighted by Crippen LogP contribution is 2.36. The number of nitrogens with zero attached hydrogens (tertiary/aromatic N) is 2.